The number of allylic oxidation sites excluding steroid dienone is 12. The van der Waals surface area contributed by atoms with E-state index in [1.165, 1.54) is 19.1 Å². The minimum Gasteiger partial charge on any atom is -0.481 e. The van der Waals surface area contributed by atoms with Crippen LogP contribution in [-0.4, -0.2) is 184 Å². The number of hydrogen-bond donors (Lipinski definition) is 13. The van der Waals surface area contributed by atoms with Crippen LogP contribution in [0.1, 0.15) is 108 Å². The minimum atomic E-state index is -1.97. The fraction of sp³-hybridized carbons (Fsp3) is 0.576. The van der Waals surface area contributed by atoms with Gasteiger partial charge in [-0.15, -0.1) is 0 Å². The van der Waals surface area contributed by atoms with Crippen molar-refractivity contribution in [2.45, 2.75) is 190 Å². The maximum atomic E-state index is 13.3. The summed E-state index contributed by atoms with van der Waals surface area (Å²) >= 11 is 0. The SMILES string of the molecule is CNc1ccc(C(=O)CC(O)CCC(C)C2OC(=O)CC(O)CC(=O)CC(O)CC(O)CC(O)CC(O)CC(=O)CC(O)C(C(=O)O)C(O)CC(OC3O[C@@H](C)[C@H](O)[C@@H](N)[C@H]3O)/C=C/C=C/C=C/C=C/C=C/C=C/C=C/C2C)cc1. The third kappa shape index (κ3) is 25.6. The molecular weight excluding hydrogens is 1040 g/mol. The number of carbonyl (C=O) groups is 5. The van der Waals surface area contributed by atoms with E-state index in [0.29, 0.717) is 12.0 Å². The average molecular weight is 1130 g/mol. The van der Waals surface area contributed by atoms with Gasteiger partial charge in [0.1, 0.15) is 29.7 Å². The van der Waals surface area contributed by atoms with Crippen LogP contribution in [-0.2, 0) is 33.4 Å². The Labute approximate surface area is 468 Å². The van der Waals surface area contributed by atoms with E-state index in [1.807, 2.05) is 19.9 Å². The minimum absolute atomic E-state index is 0.112. The van der Waals surface area contributed by atoms with Gasteiger partial charge < -0.3 is 81.4 Å². The summed E-state index contributed by atoms with van der Waals surface area (Å²) in [6.45, 7) is 5.18. The van der Waals surface area contributed by atoms with Crippen molar-refractivity contribution in [2.75, 3.05) is 12.4 Å². The Kier molecular flexibility index (Phi) is 31.1. The Morgan fingerprint density at radius 3 is 1.69 bits per heavy atom. The number of ketones is 3. The molecule has 0 bridgehead atoms. The summed E-state index contributed by atoms with van der Waals surface area (Å²) in [5.74, 6) is -6.82. The topological polar surface area (TPSA) is 374 Å². The Hall–Kier alpha value is -5.37. The molecule has 2 aliphatic rings. The van der Waals surface area contributed by atoms with Crippen LogP contribution in [0.4, 0.5) is 5.69 Å². The molecule has 1 aromatic rings. The van der Waals surface area contributed by atoms with Crippen LogP contribution in [0.2, 0.25) is 0 Å². The van der Waals surface area contributed by atoms with Gasteiger partial charge in [0.25, 0.3) is 0 Å². The molecule has 21 heteroatoms. The van der Waals surface area contributed by atoms with Gasteiger partial charge >= 0.3 is 11.9 Å². The number of ether oxygens (including phenoxy) is 3. The zero-order chi connectivity index (χ0) is 59.5. The number of carboxylic acids is 1. The van der Waals surface area contributed by atoms with Crippen LogP contribution in [0.3, 0.4) is 0 Å². The summed E-state index contributed by atoms with van der Waals surface area (Å²) in [4.78, 5) is 64.5. The number of esters is 1. The molecule has 1 saturated heterocycles. The van der Waals surface area contributed by atoms with E-state index in [4.69, 9.17) is 19.9 Å². The fourth-order valence-corrected chi connectivity index (χ4v) is 9.38. The van der Waals surface area contributed by atoms with Crippen LogP contribution >= 0.6 is 0 Å². The van der Waals surface area contributed by atoms with E-state index >= 15 is 0 Å². The Bertz CT molecular complexity index is 2280. The highest BCUT2D eigenvalue weighted by Crippen LogP contribution is 2.28. The number of aliphatic hydroxyl groups excluding tert-OH is 10. The maximum absolute atomic E-state index is 13.3. The number of anilines is 1. The molecule has 14 N–H and O–H groups in total. The summed E-state index contributed by atoms with van der Waals surface area (Å²) in [7, 11) is 1.76. The number of nitrogens with one attached hydrogen (secondary N) is 1. The Morgan fingerprint density at radius 2 is 1.15 bits per heavy atom. The van der Waals surface area contributed by atoms with Crippen molar-refractivity contribution < 1.29 is 94.4 Å². The molecule has 2 aliphatic heterocycles. The number of hydrogen-bond acceptors (Lipinski definition) is 20. The van der Waals surface area contributed by atoms with E-state index in [9.17, 15) is 80.1 Å². The molecule has 2 heterocycles. The van der Waals surface area contributed by atoms with Crippen molar-refractivity contribution in [3.05, 3.63) is 115 Å². The van der Waals surface area contributed by atoms with Gasteiger partial charge in [0.2, 0.25) is 0 Å². The van der Waals surface area contributed by atoms with Crippen LogP contribution in [0.5, 0.6) is 0 Å². The molecule has 14 unspecified atom stereocenters. The number of aliphatic hydroxyl groups is 10. The lowest BCUT2D eigenvalue weighted by molar-refractivity contribution is -0.277. The molecule has 80 heavy (non-hydrogen) atoms. The summed E-state index contributed by atoms with van der Waals surface area (Å²) in [5, 5.41) is 120. The molecule has 0 amide bonds. The monoisotopic (exact) mass is 1130 g/mol. The second-order valence-electron chi connectivity index (χ2n) is 20.9. The predicted molar refractivity (Wildman–Crippen MR) is 296 cm³/mol. The first-order chi connectivity index (χ1) is 37.9. The molecule has 446 valence electrons. The standard InChI is InChI=1S/C59H86N2O19/c1-35-17-15-13-11-9-7-5-6-8-10-12-14-16-18-48(79-59-56(75)54(60)55(74)37(3)78-59)34-51(72)53(58(76)77)50(71)32-46(68)29-44(66)27-42(64)25-41(63)26-43(65)28-45(67)30-47(69)33-52(73)80-57(35)36(2)19-24-40(62)31-49(70)38-20-22-39(61-4)23-21-38/h5-18,20-23,35-37,40-44,47-48,50-51,53-57,59,61-66,69,71-72,74-75H,19,24-34,60H2,1-4H3,(H,76,77)/b6-5+,9-7+,10-8+,13-11+,14-12+,17-15+,18-16+/t35?,36?,37-,40?,41?,42?,43?,44?,47?,48?,50?,51?,53?,54+,55-,56+,57?,59?/m0/s1. The first kappa shape index (κ1) is 68.9. The maximum Gasteiger partial charge on any atom is 0.311 e. The van der Waals surface area contributed by atoms with Gasteiger partial charge in [0.15, 0.2) is 12.1 Å². The van der Waals surface area contributed by atoms with Gasteiger partial charge in [-0.3, -0.25) is 24.0 Å². The zero-order valence-corrected chi connectivity index (χ0v) is 46.0. The molecular formula is C59H86N2O19. The van der Waals surface area contributed by atoms with Crippen molar-refractivity contribution in [2.24, 2.45) is 23.5 Å². The van der Waals surface area contributed by atoms with Crippen LogP contribution in [0.25, 0.3) is 0 Å². The number of cyclic esters (lactones) is 1. The van der Waals surface area contributed by atoms with E-state index in [-0.39, 0.29) is 30.5 Å². The molecule has 0 spiro atoms. The molecule has 3 rings (SSSR count). The van der Waals surface area contributed by atoms with E-state index < -0.39 is 179 Å². The van der Waals surface area contributed by atoms with E-state index in [0.717, 1.165) is 5.69 Å². The van der Waals surface area contributed by atoms with Gasteiger partial charge in [-0.25, -0.2) is 0 Å². The van der Waals surface area contributed by atoms with Crippen molar-refractivity contribution in [3.63, 3.8) is 0 Å². The van der Waals surface area contributed by atoms with E-state index in [1.54, 1.807) is 98.1 Å². The highest BCUT2D eigenvalue weighted by molar-refractivity contribution is 5.96. The highest BCUT2D eigenvalue weighted by Gasteiger charge is 2.43. The number of carboxylic acid groups (broad SMARTS) is 1. The van der Waals surface area contributed by atoms with Crippen molar-refractivity contribution in [1.82, 2.24) is 0 Å². The number of carbonyl (C=O) groups excluding carboxylic acids is 4. The summed E-state index contributed by atoms with van der Waals surface area (Å²) in [5.41, 5.74) is 7.27. The smallest absolute Gasteiger partial charge is 0.311 e. The van der Waals surface area contributed by atoms with Crippen LogP contribution in [0, 0.1) is 17.8 Å². The summed E-state index contributed by atoms with van der Waals surface area (Å²) < 4.78 is 17.5. The summed E-state index contributed by atoms with van der Waals surface area (Å²) in [6, 6.07) is 5.71. The lowest BCUT2D eigenvalue weighted by atomic mass is 9.88. The van der Waals surface area contributed by atoms with Crippen molar-refractivity contribution in [3.8, 4) is 0 Å². The first-order valence-corrected chi connectivity index (χ1v) is 27.2. The predicted octanol–water partition coefficient (Wildman–Crippen LogP) is 2.59. The molecule has 18 atom stereocenters. The van der Waals surface area contributed by atoms with Crippen molar-refractivity contribution in [1.29, 1.82) is 0 Å². The highest BCUT2D eigenvalue weighted by atomic mass is 16.7. The molecule has 0 aromatic heterocycles. The Balaban J connectivity index is 1.83. The molecule has 21 nitrogen and oxygen atoms in total. The number of rotatable bonds is 11. The average Bonchev–Trinajstić information content (AvgIpc) is 3.41. The Morgan fingerprint density at radius 1 is 0.650 bits per heavy atom. The first-order valence-electron chi connectivity index (χ1n) is 27.2. The molecule has 0 radical (unpaired) electrons. The number of nitrogens with two attached hydrogens (primary N) is 1. The second-order valence-corrected chi connectivity index (χ2v) is 20.9. The largest absolute Gasteiger partial charge is 0.481 e. The van der Waals surface area contributed by atoms with Crippen LogP contribution < -0.4 is 11.1 Å². The number of Topliss-reactive ketones (excluding diaryl/α,β-unsaturated/α-hetero) is 3. The van der Waals surface area contributed by atoms with Crippen LogP contribution in [0.15, 0.2) is 109 Å². The summed E-state index contributed by atoms with van der Waals surface area (Å²) in [6.07, 6.45) is 0.358. The van der Waals surface area contributed by atoms with Gasteiger partial charge in [0, 0.05) is 62.7 Å². The second kappa shape index (κ2) is 36.2. The molecule has 1 fully saturated rings. The fourth-order valence-electron chi connectivity index (χ4n) is 9.38. The van der Waals surface area contributed by atoms with Gasteiger partial charge in [-0.05, 0) is 69.2 Å². The third-order valence-corrected chi connectivity index (χ3v) is 13.8. The zero-order valence-electron chi connectivity index (χ0n) is 46.0. The lowest BCUT2D eigenvalue weighted by Crippen LogP contribution is -2.61. The molecule has 0 saturated carbocycles. The normalized spacial score (nSPS) is 35.8. The van der Waals surface area contributed by atoms with Crippen molar-refractivity contribution >= 4 is 35.0 Å². The lowest BCUT2D eigenvalue weighted by Gasteiger charge is -2.41. The molecule has 0 aliphatic carbocycles. The van der Waals surface area contributed by atoms with Gasteiger partial charge in [0.05, 0.1) is 79.6 Å². The molecule has 1 aromatic carbocycles. The number of benzene rings is 1. The van der Waals surface area contributed by atoms with Gasteiger partial charge in [-0.1, -0.05) is 98.9 Å². The third-order valence-electron chi connectivity index (χ3n) is 13.8. The number of aliphatic carboxylic acids is 1. The quantitative estimate of drug-likeness (QED) is 0.112. The van der Waals surface area contributed by atoms with Gasteiger partial charge in [-0.2, -0.15) is 0 Å². The van der Waals surface area contributed by atoms with E-state index in [2.05, 4.69) is 5.32 Å².